The smallest absolute Gasteiger partial charge is 0.256 e. The molecular weight excluding hydrogens is 326 g/mol. The number of thiophene rings is 1. The molecule has 124 valence electrons. The lowest BCUT2D eigenvalue weighted by molar-refractivity contribution is -0.895. The van der Waals surface area contributed by atoms with Crippen molar-refractivity contribution in [1.29, 1.82) is 0 Å². The molecule has 4 heterocycles. The number of quaternary nitrogens is 1. The number of rotatable bonds is 1. The van der Waals surface area contributed by atoms with E-state index in [1.54, 1.807) is 11.3 Å². The summed E-state index contributed by atoms with van der Waals surface area (Å²) < 4.78 is 10.8. The minimum absolute atomic E-state index is 0.0171. The molecule has 3 N–H and O–H groups in total. The van der Waals surface area contributed by atoms with Crippen LogP contribution in [-0.2, 0) is 13.0 Å². The summed E-state index contributed by atoms with van der Waals surface area (Å²) in [4.78, 5) is 15.5. The van der Waals surface area contributed by atoms with Gasteiger partial charge in [-0.25, -0.2) is 0 Å². The van der Waals surface area contributed by atoms with Gasteiger partial charge in [0.15, 0.2) is 11.5 Å². The van der Waals surface area contributed by atoms with Crippen LogP contribution in [0.5, 0.6) is 11.5 Å². The van der Waals surface area contributed by atoms with Gasteiger partial charge in [0.25, 0.3) is 5.91 Å². The standard InChI is InChI=1S/C17H17N3O3S/c1-20-5-4-10-13(7-20)24-17-14(10)16(21)18-15(19-17)9-2-3-11-12(6-9)23-8-22-11/h2-3,6,15,19H,4-5,7-8H2,1H3,(H,18,21)/p+1. The molecule has 1 amide bonds. The molecule has 0 saturated heterocycles. The molecule has 6 nitrogen and oxygen atoms in total. The van der Waals surface area contributed by atoms with E-state index >= 15 is 0 Å². The summed E-state index contributed by atoms with van der Waals surface area (Å²) in [5, 5.41) is 7.56. The zero-order valence-electron chi connectivity index (χ0n) is 13.3. The van der Waals surface area contributed by atoms with Crippen molar-refractivity contribution in [2.45, 2.75) is 19.1 Å². The normalized spacial score (nSPS) is 24.0. The Morgan fingerprint density at radius 2 is 2.12 bits per heavy atom. The Morgan fingerprint density at radius 3 is 3.04 bits per heavy atom. The summed E-state index contributed by atoms with van der Waals surface area (Å²) in [5.41, 5.74) is 3.04. The van der Waals surface area contributed by atoms with Gasteiger partial charge in [0.2, 0.25) is 6.79 Å². The van der Waals surface area contributed by atoms with Crippen LogP contribution in [-0.4, -0.2) is 26.3 Å². The number of carbonyl (C=O) groups excluding carboxylic acids is 1. The molecule has 0 bridgehead atoms. The number of hydrogen-bond donors (Lipinski definition) is 3. The lowest BCUT2D eigenvalue weighted by Gasteiger charge is -2.27. The van der Waals surface area contributed by atoms with Crippen LogP contribution in [0.3, 0.4) is 0 Å². The molecule has 0 aliphatic carbocycles. The third kappa shape index (κ3) is 2.08. The van der Waals surface area contributed by atoms with Crippen molar-refractivity contribution in [1.82, 2.24) is 5.32 Å². The van der Waals surface area contributed by atoms with Gasteiger partial charge in [0.1, 0.15) is 17.7 Å². The van der Waals surface area contributed by atoms with Gasteiger partial charge < -0.3 is 25.0 Å². The largest absolute Gasteiger partial charge is 0.454 e. The molecule has 2 unspecified atom stereocenters. The van der Waals surface area contributed by atoms with Crippen molar-refractivity contribution in [3.63, 3.8) is 0 Å². The van der Waals surface area contributed by atoms with Crippen LogP contribution in [0.1, 0.15) is 32.5 Å². The highest BCUT2D eigenvalue weighted by Crippen LogP contribution is 2.40. The fourth-order valence-corrected chi connectivity index (χ4v) is 4.98. The van der Waals surface area contributed by atoms with Crippen molar-refractivity contribution in [3.05, 3.63) is 39.8 Å². The van der Waals surface area contributed by atoms with Crippen LogP contribution >= 0.6 is 11.3 Å². The number of fused-ring (bicyclic) bond motifs is 4. The zero-order valence-corrected chi connectivity index (χ0v) is 14.1. The van der Waals surface area contributed by atoms with Gasteiger partial charge in [0.05, 0.1) is 24.0 Å². The Balaban J connectivity index is 1.50. The molecule has 0 fully saturated rings. The van der Waals surface area contributed by atoms with Crippen molar-refractivity contribution in [2.24, 2.45) is 0 Å². The van der Waals surface area contributed by atoms with Crippen molar-refractivity contribution >= 4 is 22.2 Å². The van der Waals surface area contributed by atoms with E-state index in [4.69, 9.17) is 9.47 Å². The monoisotopic (exact) mass is 344 g/mol. The fourth-order valence-electron chi connectivity index (χ4n) is 3.59. The molecule has 3 aliphatic heterocycles. The number of hydrogen-bond acceptors (Lipinski definition) is 5. The molecular formula is C17H18N3O3S+. The number of benzene rings is 1. The second-order valence-electron chi connectivity index (χ2n) is 6.51. The quantitative estimate of drug-likeness (QED) is 0.719. The highest BCUT2D eigenvalue weighted by molar-refractivity contribution is 7.16. The average Bonchev–Trinajstić information content (AvgIpc) is 3.17. The number of anilines is 1. The first-order valence-electron chi connectivity index (χ1n) is 8.12. The molecule has 1 aromatic carbocycles. The summed E-state index contributed by atoms with van der Waals surface area (Å²) in [6, 6.07) is 5.78. The highest BCUT2D eigenvalue weighted by Gasteiger charge is 2.34. The lowest BCUT2D eigenvalue weighted by atomic mass is 10.0. The molecule has 5 rings (SSSR count). The predicted octanol–water partition coefficient (Wildman–Crippen LogP) is 0.902. The minimum Gasteiger partial charge on any atom is -0.454 e. The Hall–Kier alpha value is -2.25. The molecule has 2 aromatic rings. The van der Waals surface area contributed by atoms with Crippen LogP contribution in [0.25, 0.3) is 0 Å². The number of nitrogens with one attached hydrogen (secondary N) is 3. The molecule has 1 aromatic heterocycles. The Morgan fingerprint density at radius 1 is 1.25 bits per heavy atom. The van der Waals surface area contributed by atoms with Crippen LogP contribution in [0.15, 0.2) is 18.2 Å². The van der Waals surface area contributed by atoms with Crippen molar-refractivity contribution in [3.8, 4) is 11.5 Å². The van der Waals surface area contributed by atoms with E-state index in [-0.39, 0.29) is 18.9 Å². The number of likely N-dealkylation sites (N-methyl/N-ethyl adjacent to an activating group) is 1. The van der Waals surface area contributed by atoms with Crippen molar-refractivity contribution < 1.29 is 19.2 Å². The first-order chi connectivity index (χ1) is 11.7. The second-order valence-corrected chi connectivity index (χ2v) is 7.61. The summed E-state index contributed by atoms with van der Waals surface area (Å²) >= 11 is 1.72. The molecule has 2 atom stereocenters. The van der Waals surface area contributed by atoms with Gasteiger partial charge >= 0.3 is 0 Å². The molecule has 0 saturated carbocycles. The Labute approximate surface area is 143 Å². The van der Waals surface area contributed by atoms with E-state index in [1.165, 1.54) is 15.3 Å². The van der Waals surface area contributed by atoms with Gasteiger partial charge in [-0.05, 0) is 23.3 Å². The van der Waals surface area contributed by atoms with Crippen LogP contribution in [0.4, 0.5) is 5.00 Å². The summed E-state index contributed by atoms with van der Waals surface area (Å²) in [6.45, 7) is 2.33. The van der Waals surface area contributed by atoms with Crippen molar-refractivity contribution in [2.75, 3.05) is 25.7 Å². The SMILES string of the molecule is C[NH+]1CCc2c(sc3c2C(=O)NC(c2ccc4c(c2)OCO4)N3)C1. The van der Waals surface area contributed by atoms with Crippen LogP contribution in [0, 0.1) is 0 Å². The molecule has 7 heteroatoms. The Bertz CT molecular complexity index is 848. The van der Waals surface area contributed by atoms with E-state index in [0.29, 0.717) is 0 Å². The molecule has 24 heavy (non-hydrogen) atoms. The maximum absolute atomic E-state index is 12.7. The third-order valence-electron chi connectivity index (χ3n) is 4.86. The predicted molar refractivity (Wildman–Crippen MR) is 89.9 cm³/mol. The van der Waals surface area contributed by atoms with Gasteiger partial charge in [-0.2, -0.15) is 0 Å². The first-order valence-corrected chi connectivity index (χ1v) is 8.93. The Kier molecular flexibility index (Phi) is 3.01. The zero-order chi connectivity index (χ0) is 16.3. The fraction of sp³-hybridized carbons (Fsp3) is 0.353. The minimum atomic E-state index is -0.246. The topological polar surface area (TPSA) is 64.0 Å². The first kappa shape index (κ1) is 14.1. The lowest BCUT2D eigenvalue weighted by Crippen LogP contribution is -3.08. The van der Waals surface area contributed by atoms with Crippen LogP contribution < -0.4 is 25.0 Å². The number of carbonyl (C=O) groups is 1. The molecule has 0 spiro atoms. The van der Waals surface area contributed by atoms with Gasteiger partial charge in [0, 0.05) is 6.42 Å². The summed E-state index contributed by atoms with van der Waals surface area (Å²) in [6.07, 6.45) is 0.723. The molecule has 3 aliphatic rings. The summed E-state index contributed by atoms with van der Waals surface area (Å²) in [5.74, 6) is 1.49. The van der Waals surface area contributed by atoms with E-state index in [0.717, 1.165) is 47.1 Å². The number of amides is 1. The highest BCUT2D eigenvalue weighted by atomic mass is 32.1. The average molecular weight is 344 g/mol. The van der Waals surface area contributed by atoms with E-state index in [2.05, 4.69) is 17.7 Å². The van der Waals surface area contributed by atoms with E-state index in [9.17, 15) is 4.79 Å². The van der Waals surface area contributed by atoms with Gasteiger partial charge in [-0.3, -0.25) is 4.79 Å². The van der Waals surface area contributed by atoms with Gasteiger partial charge in [-0.1, -0.05) is 6.07 Å². The van der Waals surface area contributed by atoms with Gasteiger partial charge in [-0.15, -0.1) is 11.3 Å². The number of ether oxygens (including phenoxy) is 2. The second kappa shape index (κ2) is 5.12. The maximum atomic E-state index is 12.7. The van der Waals surface area contributed by atoms with E-state index in [1.807, 2.05) is 18.2 Å². The van der Waals surface area contributed by atoms with Crippen LogP contribution in [0.2, 0.25) is 0 Å². The maximum Gasteiger partial charge on any atom is 0.256 e. The third-order valence-corrected chi connectivity index (χ3v) is 6.03. The molecule has 0 radical (unpaired) electrons. The summed E-state index contributed by atoms with van der Waals surface area (Å²) in [7, 11) is 2.20. The van der Waals surface area contributed by atoms with E-state index < -0.39 is 0 Å².